The van der Waals surface area contributed by atoms with Crippen molar-refractivity contribution in [2.24, 2.45) is 0 Å². The normalized spacial score (nSPS) is 11.2. The molecule has 1 N–H and O–H groups in total. The van der Waals surface area contributed by atoms with Crippen LogP contribution in [0.2, 0.25) is 0 Å². The van der Waals surface area contributed by atoms with Crippen LogP contribution in [0.3, 0.4) is 0 Å². The van der Waals surface area contributed by atoms with E-state index in [1.165, 1.54) is 17.7 Å². The molecular formula is C19H22FNO2. The van der Waals surface area contributed by atoms with Gasteiger partial charge in [0.2, 0.25) is 0 Å². The summed E-state index contributed by atoms with van der Waals surface area (Å²) in [6.07, 6.45) is 0. The first-order valence-corrected chi connectivity index (χ1v) is 7.55. The molecule has 4 heteroatoms. The summed E-state index contributed by atoms with van der Waals surface area (Å²) < 4.78 is 18.5. The number of halogens is 1. The lowest BCUT2D eigenvalue weighted by molar-refractivity contribution is -0.118. The Balaban J connectivity index is 1.91. The second-order valence-corrected chi connectivity index (χ2v) is 6.57. The van der Waals surface area contributed by atoms with Crippen molar-refractivity contribution in [1.29, 1.82) is 0 Å². The van der Waals surface area contributed by atoms with Gasteiger partial charge in [0.1, 0.15) is 11.6 Å². The number of hydrogen-bond donors (Lipinski definition) is 1. The van der Waals surface area contributed by atoms with Gasteiger partial charge < -0.3 is 10.1 Å². The van der Waals surface area contributed by atoms with E-state index in [0.29, 0.717) is 17.0 Å². The lowest BCUT2D eigenvalue weighted by atomic mass is 9.87. The number of carbonyl (C=O) groups excluding carboxylic acids is 1. The van der Waals surface area contributed by atoms with E-state index in [1.54, 1.807) is 13.0 Å². The lowest BCUT2D eigenvalue weighted by Gasteiger charge is -2.19. The van der Waals surface area contributed by atoms with Gasteiger partial charge in [-0.1, -0.05) is 32.9 Å². The average molecular weight is 315 g/mol. The molecule has 3 nitrogen and oxygen atoms in total. The molecule has 2 rings (SSSR count). The maximum Gasteiger partial charge on any atom is 0.262 e. The Morgan fingerprint density at radius 3 is 2.35 bits per heavy atom. The number of amides is 1. The molecule has 0 saturated carbocycles. The summed E-state index contributed by atoms with van der Waals surface area (Å²) in [5, 5.41) is 2.71. The number of ether oxygens (including phenoxy) is 1. The Morgan fingerprint density at radius 2 is 1.78 bits per heavy atom. The summed E-state index contributed by atoms with van der Waals surface area (Å²) in [7, 11) is 0. The van der Waals surface area contributed by atoms with Crippen molar-refractivity contribution >= 4 is 11.6 Å². The van der Waals surface area contributed by atoms with E-state index >= 15 is 0 Å². The summed E-state index contributed by atoms with van der Waals surface area (Å²) in [6.45, 7) is 8.07. The summed E-state index contributed by atoms with van der Waals surface area (Å²) in [4.78, 5) is 11.9. The molecule has 2 aromatic rings. The minimum Gasteiger partial charge on any atom is -0.484 e. The Kier molecular flexibility index (Phi) is 5.04. The smallest absolute Gasteiger partial charge is 0.262 e. The predicted molar refractivity (Wildman–Crippen MR) is 90.4 cm³/mol. The van der Waals surface area contributed by atoms with Gasteiger partial charge in [-0.15, -0.1) is 0 Å². The molecule has 2 aromatic carbocycles. The number of anilines is 1. The van der Waals surface area contributed by atoms with Crippen LogP contribution in [0.5, 0.6) is 5.75 Å². The molecule has 0 radical (unpaired) electrons. The monoisotopic (exact) mass is 315 g/mol. The third-order valence-corrected chi connectivity index (χ3v) is 3.55. The van der Waals surface area contributed by atoms with Crippen molar-refractivity contribution in [3.8, 4) is 5.75 Å². The number of benzene rings is 2. The third-order valence-electron chi connectivity index (χ3n) is 3.55. The standard InChI is InChI=1S/C19H22FNO2/c1-13-11-15(20)7-10-17(13)21-18(22)12-23-16-8-5-14(6-9-16)19(2,3)4/h5-11H,12H2,1-4H3,(H,21,22). The molecule has 0 bridgehead atoms. The number of carbonyl (C=O) groups is 1. The molecule has 0 aliphatic carbocycles. The summed E-state index contributed by atoms with van der Waals surface area (Å²) >= 11 is 0. The minimum atomic E-state index is -0.323. The number of nitrogens with one attached hydrogen (secondary N) is 1. The van der Waals surface area contributed by atoms with E-state index in [0.717, 1.165) is 0 Å². The van der Waals surface area contributed by atoms with E-state index in [2.05, 4.69) is 26.1 Å². The Morgan fingerprint density at radius 1 is 1.13 bits per heavy atom. The van der Waals surface area contributed by atoms with Crippen LogP contribution in [0, 0.1) is 12.7 Å². The highest BCUT2D eigenvalue weighted by Gasteiger charge is 2.13. The van der Waals surface area contributed by atoms with Crippen LogP contribution in [0.1, 0.15) is 31.9 Å². The van der Waals surface area contributed by atoms with Crippen LogP contribution in [0.15, 0.2) is 42.5 Å². The quantitative estimate of drug-likeness (QED) is 0.905. The van der Waals surface area contributed by atoms with E-state index in [4.69, 9.17) is 4.74 Å². The summed E-state index contributed by atoms with van der Waals surface area (Å²) in [6, 6.07) is 11.9. The van der Waals surface area contributed by atoms with E-state index in [9.17, 15) is 9.18 Å². The highest BCUT2D eigenvalue weighted by Crippen LogP contribution is 2.24. The van der Waals surface area contributed by atoms with Crippen LogP contribution < -0.4 is 10.1 Å². The molecule has 1 amide bonds. The van der Waals surface area contributed by atoms with Gasteiger partial charge in [-0.3, -0.25) is 4.79 Å². The molecule has 0 unspecified atom stereocenters. The lowest BCUT2D eigenvalue weighted by Crippen LogP contribution is -2.20. The zero-order chi connectivity index (χ0) is 17.0. The molecule has 122 valence electrons. The predicted octanol–water partition coefficient (Wildman–Crippen LogP) is 4.45. The SMILES string of the molecule is Cc1cc(F)ccc1NC(=O)COc1ccc(C(C)(C)C)cc1. The average Bonchev–Trinajstić information content (AvgIpc) is 2.47. The van der Waals surface area contributed by atoms with Crippen LogP contribution in [0.25, 0.3) is 0 Å². The fraction of sp³-hybridized carbons (Fsp3) is 0.316. The largest absolute Gasteiger partial charge is 0.484 e. The van der Waals surface area contributed by atoms with Gasteiger partial charge in [-0.05, 0) is 53.8 Å². The first kappa shape index (κ1) is 17.0. The van der Waals surface area contributed by atoms with Crippen molar-refractivity contribution in [3.63, 3.8) is 0 Å². The number of aryl methyl sites for hydroxylation is 1. The van der Waals surface area contributed by atoms with Gasteiger partial charge in [-0.25, -0.2) is 4.39 Å². The van der Waals surface area contributed by atoms with Gasteiger partial charge >= 0.3 is 0 Å². The van der Waals surface area contributed by atoms with Crippen LogP contribution in [0.4, 0.5) is 10.1 Å². The van der Waals surface area contributed by atoms with Gasteiger partial charge in [0.25, 0.3) is 5.91 Å². The minimum absolute atomic E-state index is 0.0794. The van der Waals surface area contributed by atoms with Gasteiger partial charge in [0, 0.05) is 5.69 Å². The van der Waals surface area contributed by atoms with Crippen LogP contribution in [-0.4, -0.2) is 12.5 Å². The fourth-order valence-electron chi connectivity index (χ4n) is 2.15. The van der Waals surface area contributed by atoms with Crippen molar-refractivity contribution in [1.82, 2.24) is 0 Å². The first-order valence-electron chi connectivity index (χ1n) is 7.55. The molecule has 0 aliphatic rings. The molecule has 23 heavy (non-hydrogen) atoms. The van der Waals surface area contributed by atoms with E-state index in [-0.39, 0.29) is 23.7 Å². The van der Waals surface area contributed by atoms with Gasteiger partial charge in [-0.2, -0.15) is 0 Å². The van der Waals surface area contributed by atoms with Crippen molar-refractivity contribution in [2.75, 3.05) is 11.9 Å². The number of hydrogen-bond acceptors (Lipinski definition) is 2. The Labute approximate surface area is 136 Å². The van der Waals surface area contributed by atoms with Crippen LogP contribution in [-0.2, 0) is 10.2 Å². The maximum absolute atomic E-state index is 13.0. The molecule has 0 spiro atoms. The van der Waals surface area contributed by atoms with E-state index in [1.807, 2.05) is 24.3 Å². The highest BCUT2D eigenvalue weighted by atomic mass is 19.1. The molecular weight excluding hydrogens is 293 g/mol. The second-order valence-electron chi connectivity index (χ2n) is 6.57. The molecule has 0 heterocycles. The molecule has 0 aliphatic heterocycles. The molecule has 0 atom stereocenters. The van der Waals surface area contributed by atoms with E-state index < -0.39 is 0 Å². The Hall–Kier alpha value is -2.36. The fourth-order valence-corrected chi connectivity index (χ4v) is 2.15. The number of rotatable bonds is 4. The zero-order valence-electron chi connectivity index (χ0n) is 13.9. The van der Waals surface area contributed by atoms with Gasteiger partial charge in [0.05, 0.1) is 0 Å². The Bertz CT molecular complexity index is 688. The third kappa shape index (κ3) is 4.81. The van der Waals surface area contributed by atoms with Crippen molar-refractivity contribution < 1.29 is 13.9 Å². The van der Waals surface area contributed by atoms with Gasteiger partial charge in [0.15, 0.2) is 6.61 Å². The zero-order valence-corrected chi connectivity index (χ0v) is 13.9. The summed E-state index contributed by atoms with van der Waals surface area (Å²) in [5.74, 6) is 0.0410. The maximum atomic E-state index is 13.0. The van der Waals surface area contributed by atoms with Crippen molar-refractivity contribution in [2.45, 2.75) is 33.1 Å². The first-order chi connectivity index (χ1) is 10.8. The second kappa shape index (κ2) is 6.82. The molecule has 0 aromatic heterocycles. The van der Waals surface area contributed by atoms with Crippen LogP contribution >= 0.6 is 0 Å². The summed E-state index contributed by atoms with van der Waals surface area (Å²) in [5.41, 5.74) is 2.54. The molecule has 0 saturated heterocycles. The highest BCUT2D eigenvalue weighted by molar-refractivity contribution is 5.92. The topological polar surface area (TPSA) is 38.3 Å². The molecule has 0 fully saturated rings. The van der Waals surface area contributed by atoms with Crippen molar-refractivity contribution in [3.05, 3.63) is 59.4 Å².